The molecule has 2 aromatic carbocycles. The number of anilines is 1. The Hall–Kier alpha value is -1.99. The van der Waals surface area contributed by atoms with Gasteiger partial charge in [0, 0.05) is 17.5 Å². The van der Waals surface area contributed by atoms with Crippen LogP contribution in [0.5, 0.6) is 0 Å². The van der Waals surface area contributed by atoms with E-state index in [0.717, 1.165) is 22.4 Å². The van der Waals surface area contributed by atoms with E-state index in [2.05, 4.69) is 5.32 Å². The Kier molecular flexibility index (Phi) is 8.65. The smallest absolute Gasteiger partial charge is 0.264 e. The fourth-order valence-corrected chi connectivity index (χ4v) is 6.66. The second kappa shape index (κ2) is 11.2. The number of aryl methyl sites for hydroxylation is 3. The van der Waals surface area contributed by atoms with Crippen molar-refractivity contribution in [1.29, 1.82) is 0 Å². The van der Waals surface area contributed by atoms with Gasteiger partial charge in [0.2, 0.25) is 5.91 Å². The number of nitrogens with one attached hydrogen (secondary N) is 1. The van der Waals surface area contributed by atoms with E-state index >= 15 is 0 Å². The number of carbonyl (C=O) groups excluding carboxylic acids is 1. The van der Waals surface area contributed by atoms with Crippen LogP contribution in [0.1, 0.15) is 48.8 Å². The third kappa shape index (κ3) is 6.51. The number of nitrogens with zero attached hydrogens (tertiary/aromatic N) is 1. The molecule has 0 saturated heterocycles. The average molecular weight is 475 g/mol. The summed E-state index contributed by atoms with van der Waals surface area (Å²) < 4.78 is 28.3. The summed E-state index contributed by atoms with van der Waals surface area (Å²) in [7, 11) is -3.89. The van der Waals surface area contributed by atoms with E-state index in [9.17, 15) is 13.2 Å². The van der Waals surface area contributed by atoms with E-state index in [1.807, 2.05) is 50.7 Å². The first-order chi connectivity index (χ1) is 15.3. The lowest BCUT2D eigenvalue weighted by molar-refractivity contribution is -0.119. The lowest BCUT2D eigenvalue weighted by atomic mass is 10.0. The SMILES string of the molecule is Cc1ccc(S(=O)(=O)N(CC(=O)NCCSC2CCCCC2)c2cc(C)ccc2C)cc1. The molecule has 0 aliphatic heterocycles. The summed E-state index contributed by atoms with van der Waals surface area (Å²) in [5.41, 5.74) is 3.28. The van der Waals surface area contributed by atoms with E-state index in [-0.39, 0.29) is 17.3 Å². The molecule has 1 N–H and O–H groups in total. The minimum Gasteiger partial charge on any atom is -0.354 e. The van der Waals surface area contributed by atoms with Crippen molar-refractivity contribution in [3.63, 3.8) is 0 Å². The van der Waals surface area contributed by atoms with Gasteiger partial charge in [-0.2, -0.15) is 11.8 Å². The number of thioether (sulfide) groups is 1. The normalized spacial score (nSPS) is 14.8. The van der Waals surface area contributed by atoms with Gasteiger partial charge in [0.25, 0.3) is 10.0 Å². The van der Waals surface area contributed by atoms with Gasteiger partial charge in [-0.1, -0.05) is 49.1 Å². The number of amides is 1. The monoisotopic (exact) mass is 474 g/mol. The van der Waals surface area contributed by atoms with Crippen LogP contribution in [0.15, 0.2) is 47.4 Å². The van der Waals surface area contributed by atoms with E-state index in [1.165, 1.54) is 36.4 Å². The number of rotatable bonds is 9. The van der Waals surface area contributed by atoms with Crippen molar-refractivity contribution in [2.75, 3.05) is 23.1 Å². The quantitative estimate of drug-likeness (QED) is 0.520. The summed E-state index contributed by atoms with van der Waals surface area (Å²) in [6, 6.07) is 12.4. The summed E-state index contributed by atoms with van der Waals surface area (Å²) in [6.07, 6.45) is 6.44. The Morgan fingerprint density at radius 2 is 1.66 bits per heavy atom. The standard InChI is InChI=1S/C25H34N2O3S2/c1-19-10-13-23(14-11-19)32(29,30)27(24-17-20(2)9-12-21(24)3)18-25(28)26-15-16-31-22-7-5-4-6-8-22/h9-14,17,22H,4-8,15-16,18H2,1-3H3,(H,26,28). The first-order valence-electron chi connectivity index (χ1n) is 11.3. The molecule has 1 aliphatic rings. The highest BCUT2D eigenvalue weighted by atomic mass is 32.2. The van der Waals surface area contributed by atoms with Crippen LogP contribution in [0.3, 0.4) is 0 Å². The molecule has 1 aliphatic carbocycles. The van der Waals surface area contributed by atoms with Crippen molar-refractivity contribution < 1.29 is 13.2 Å². The molecule has 174 valence electrons. The van der Waals surface area contributed by atoms with Crippen molar-refractivity contribution in [2.24, 2.45) is 0 Å². The van der Waals surface area contributed by atoms with Gasteiger partial charge >= 0.3 is 0 Å². The van der Waals surface area contributed by atoms with Gasteiger partial charge in [0.15, 0.2) is 0 Å². The molecule has 0 aromatic heterocycles. The highest BCUT2D eigenvalue weighted by molar-refractivity contribution is 7.99. The molecule has 7 heteroatoms. The molecule has 1 fully saturated rings. The summed E-state index contributed by atoms with van der Waals surface area (Å²) in [4.78, 5) is 13.0. The number of sulfonamides is 1. The molecule has 0 unspecified atom stereocenters. The van der Waals surface area contributed by atoms with Crippen LogP contribution in [0, 0.1) is 20.8 Å². The van der Waals surface area contributed by atoms with E-state index in [4.69, 9.17) is 0 Å². The van der Waals surface area contributed by atoms with Crippen LogP contribution in [0.25, 0.3) is 0 Å². The molecule has 32 heavy (non-hydrogen) atoms. The van der Waals surface area contributed by atoms with Gasteiger partial charge in [0.1, 0.15) is 6.54 Å². The van der Waals surface area contributed by atoms with Crippen LogP contribution in [-0.4, -0.2) is 38.4 Å². The van der Waals surface area contributed by atoms with Gasteiger partial charge < -0.3 is 5.32 Å². The van der Waals surface area contributed by atoms with E-state index in [1.54, 1.807) is 24.3 Å². The van der Waals surface area contributed by atoms with Gasteiger partial charge in [-0.25, -0.2) is 8.42 Å². The number of hydrogen-bond acceptors (Lipinski definition) is 4. The zero-order valence-electron chi connectivity index (χ0n) is 19.3. The first kappa shape index (κ1) is 24.6. The molecule has 1 saturated carbocycles. The molecule has 0 atom stereocenters. The van der Waals surface area contributed by atoms with Crippen LogP contribution < -0.4 is 9.62 Å². The van der Waals surface area contributed by atoms with Gasteiger partial charge in [-0.3, -0.25) is 9.10 Å². The lowest BCUT2D eigenvalue weighted by Crippen LogP contribution is -2.41. The third-order valence-electron chi connectivity index (χ3n) is 5.86. The second-order valence-corrected chi connectivity index (χ2v) is 11.9. The maximum absolute atomic E-state index is 13.5. The van der Waals surface area contributed by atoms with Gasteiger partial charge in [-0.05, 0) is 62.9 Å². The highest BCUT2D eigenvalue weighted by Crippen LogP contribution is 2.29. The summed E-state index contributed by atoms with van der Waals surface area (Å²) in [5.74, 6) is 0.566. The molecule has 1 amide bonds. The molecule has 0 spiro atoms. The average Bonchev–Trinajstić information content (AvgIpc) is 2.78. The summed E-state index contributed by atoms with van der Waals surface area (Å²) >= 11 is 1.92. The van der Waals surface area contributed by atoms with Crippen molar-refractivity contribution in [1.82, 2.24) is 5.32 Å². The molecule has 2 aromatic rings. The maximum Gasteiger partial charge on any atom is 0.264 e. The van der Waals surface area contributed by atoms with Gasteiger partial charge in [-0.15, -0.1) is 0 Å². The summed E-state index contributed by atoms with van der Waals surface area (Å²) in [5, 5.41) is 3.61. The molecule has 3 rings (SSSR count). The van der Waals surface area contributed by atoms with Crippen molar-refractivity contribution in [2.45, 2.75) is 63.0 Å². The molecule has 0 bridgehead atoms. The number of hydrogen-bond donors (Lipinski definition) is 1. The van der Waals surface area contributed by atoms with E-state index in [0.29, 0.717) is 17.5 Å². The molecule has 5 nitrogen and oxygen atoms in total. The van der Waals surface area contributed by atoms with Crippen LogP contribution >= 0.6 is 11.8 Å². The topological polar surface area (TPSA) is 66.5 Å². The first-order valence-corrected chi connectivity index (χ1v) is 13.8. The maximum atomic E-state index is 13.5. The zero-order chi connectivity index (χ0) is 23.1. The predicted molar refractivity (Wildman–Crippen MR) is 134 cm³/mol. The van der Waals surface area contributed by atoms with Crippen molar-refractivity contribution >= 4 is 33.4 Å². The Balaban J connectivity index is 1.73. The number of carbonyl (C=O) groups is 1. The fraction of sp³-hybridized carbons (Fsp3) is 0.480. The minimum atomic E-state index is -3.89. The van der Waals surface area contributed by atoms with Crippen LogP contribution in [0.2, 0.25) is 0 Å². The molecule has 0 heterocycles. The minimum absolute atomic E-state index is 0.185. The highest BCUT2D eigenvalue weighted by Gasteiger charge is 2.28. The Labute approximate surface area is 197 Å². The molecular formula is C25H34N2O3S2. The van der Waals surface area contributed by atoms with Crippen LogP contribution in [0.4, 0.5) is 5.69 Å². The second-order valence-electron chi connectivity index (χ2n) is 8.60. The van der Waals surface area contributed by atoms with Crippen molar-refractivity contribution in [3.05, 3.63) is 59.2 Å². The summed E-state index contributed by atoms with van der Waals surface area (Å²) in [6.45, 7) is 6.00. The van der Waals surface area contributed by atoms with Gasteiger partial charge in [0.05, 0.1) is 10.6 Å². The fourth-order valence-electron chi connectivity index (χ4n) is 3.96. The Bertz CT molecular complexity index is 1010. The third-order valence-corrected chi connectivity index (χ3v) is 9.02. The molecule has 0 radical (unpaired) electrons. The Morgan fingerprint density at radius 1 is 1.00 bits per heavy atom. The lowest BCUT2D eigenvalue weighted by Gasteiger charge is -2.26. The number of benzene rings is 2. The molecular weight excluding hydrogens is 440 g/mol. The Morgan fingerprint density at radius 3 is 2.34 bits per heavy atom. The van der Waals surface area contributed by atoms with Crippen LogP contribution in [-0.2, 0) is 14.8 Å². The van der Waals surface area contributed by atoms with E-state index < -0.39 is 10.0 Å². The largest absolute Gasteiger partial charge is 0.354 e. The van der Waals surface area contributed by atoms with Crippen molar-refractivity contribution in [3.8, 4) is 0 Å². The predicted octanol–water partition coefficient (Wildman–Crippen LogP) is 4.99. The zero-order valence-corrected chi connectivity index (χ0v) is 20.9.